The highest BCUT2D eigenvalue weighted by Gasteiger charge is 2.18. The van der Waals surface area contributed by atoms with Crippen LogP contribution in [0, 0.1) is 0 Å². The molecular formula is C21H26N2O7. The van der Waals surface area contributed by atoms with Gasteiger partial charge in [-0.15, -0.1) is 0 Å². The van der Waals surface area contributed by atoms with Crippen molar-refractivity contribution < 1.29 is 33.3 Å². The molecule has 0 spiro atoms. The summed E-state index contributed by atoms with van der Waals surface area (Å²) in [6, 6.07) is 8.08. The number of amides is 1. The van der Waals surface area contributed by atoms with Crippen LogP contribution in [-0.4, -0.2) is 53.5 Å². The van der Waals surface area contributed by atoms with Gasteiger partial charge in [-0.05, 0) is 18.6 Å². The lowest BCUT2D eigenvalue weighted by Gasteiger charge is -2.14. The number of ether oxygens (including phenoxy) is 5. The summed E-state index contributed by atoms with van der Waals surface area (Å²) in [5.74, 6) is 0.697. The quantitative estimate of drug-likeness (QED) is 0.343. The van der Waals surface area contributed by atoms with Crippen LogP contribution < -0.4 is 30.0 Å². The lowest BCUT2D eigenvalue weighted by atomic mass is 10.1. The van der Waals surface area contributed by atoms with Crippen molar-refractivity contribution in [1.29, 1.82) is 0 Å². The summed E-state index contributed by atoms with van der Waals surface area (Å²) in [7, 11) is 5.72. The zero-order valence-corrected chi connectivity index (χ0v) is 17.4. The summed E-state index contributed by atoms with van der Waals surface area (Å²) >= 11 is 0. The van der Waals surface area contributed by atoms with Gasteiger partial charge in [0.1, 0.15) is 17.1 Å². The zero-order valence-electron chi connectivity index (χ0n) is 17.4. The molecule has 162 valence electrons. The molecular weight excluding hydrogens is 392 g/mol. The highest BCUT2D eigenvalue weighted by Crippen LogP contribution is 2.32. The average Bonchev–Trinajstić information content (AvgIpc) is 2.77. The highest BCUT2D eigenvalue weighted by molar-refractivity contribution is 5.99. The minimum absolute atomic E-state index is 0.185. The Kier molecular flexibility index (Phi) is 8.16. The van der Waals surface area contributed by atoms with Gasteiger partial charge in [-0.3, -0.25) is 4.79 Å². The van der Waals surface area contributed by atoms with Crippen LogP contribution in [0.15, 0.2) is 30.3 Å². The molecule has 0 atom stereocenters. The predicted molar refractivity (Wildman–Crippen MR) is 111 cm³/mol. The molecule has 2 aromatic carbocycles. The van der Waals surface area contributed by atoms with Gasteiger partial charge in [-0.2, -0.15) is 0 Å². The maximum Gasteiger partial charge on any atom is 0.340 e. The fraction of sp³-hybridized carbons (Fsp3) is 0.333. The summed E-state index contributed by atoms with van der Waals surface area (Å²) in [6.45, 7) is 0.616. The second-order valence-electron chi connectivity index (χ2n) is 6.08. The fourth-order valence-electron chi connectivity index (χ4n) is 2.75. The van der Waals surface area contributed by atoms with Crippen molar-refractivity contribution in [2.45, 2.75) is 6.42 Å². The molecule has 0 fully saturated rings. The summed E-state index contributed by atoms with van der Waals surface area (Å²) in [5.41, 5.74) is 6.59. The third kappa shape index (κ3) is 5.25. The molecule has 30 heavy (non-hydrogen) atoms. The zero-order chi connectivity index (χ0) is 22.1. The molecule has 0 bridgehead atoms. The first-order chi connectivity index (χ1) is 14.5. The summed E-state index contributed by atoms with van der Waals surface area (Å²) in [4.78, 5) is 24.3. The maximum absolute atomic E-state index is 12.5. The monoisotopic (exact) mass is 418 g/mol. The largest absolute Gasteiger partial charge is 0.496 e. The summed E-state index contributed by atoms with van der Waals surface area (Å²) in [5, 5.41) is 2.81. The summed E-state index contributed by atoms with van der Waals surface area (Å²) in [6.07, 6.45) is 0.504. The van der Waals surface area contributed by atoms with Gasteiger partial charge >= 0.3 is 5.97 Å². The SMILES string of the molecule is COC(=O)c1cc(OCCCNC(=O)c2c(OC)cccc2OC)c(OC)cc1N. The van der Waals surface area contributed by atoms with Gasteiger partial charge in [0, 0.05) is 18.7 Å². The molecule has 1 amide bonds. The standard InChI is InChI=1S/C21H26N2O7/c1-26-15-7-5-8-16(27-2)19(15)20(24)23-9-6-10-30-18-11-13(21(25)29-4)14(22)12-17(18)28-3/h5,7-8,11-12H,6,9-10,22H2,1-4H3,(H,23,24). The predicted octanol–water partition coefficient (Wildman–Crippen LogP) is 2.28. The van der Waals surface area contributed by atoms with Gasteiger partial charge in [0.2, 0.25) is 0 Å². The van der Waals surface area contributed by atoms with E-state index in [-0.39, 0.29) is 23.8 Å². The molecule has 0 unspecified atom stereocenters. The second kappa shape index (κ2) is 10.8. The van der Waals surface area contributed by atoms with E-state index in [2.05, 4.69) is 5.32 Å². The minimum Gasteiger partial charge on any atom is -0.496 e. The first kappa shape index (κ1) is 22.7. The van der Waals surface area contributed by atoms with Gasteiger partial charge in [0.15, 0.2) is 11.5 Å². The second-order valence-corrected chi connectivity index (χ2v) is 6.08. The normalized spacial score (nSPS) is 10.1. The van der Waals surface area contributed by atoms with Crippen LogP contribution in [-0.2, 0) is 4.74 Å². The van der Waals surface area contributed by atoms with E-state index in [4.69, 9.17) is 29.4 Å². The molecule has 0 saturated heterocycles. The van der Waals surface area contributed by atoms with E-state index in [1.54, 1.807) is 18.2 Å². The van der Waals surface area contributed by atoms with Crippen LogP contribution in [0.2, 0.25) is 0 Å². The Balaban J connectivity index is 1.96. The number of nitrogen functional groups attached to an aromatic ring is 1. The molecule has 0 radical (unpaired) electrons. The van der Waals surface area contributed by atoms with Gasteiger partial charge in [0.05, 0.1) is 46.3 Å². The molecule has 2 aromatic rings. The first-order valence-electron chi connectivity index (χ1n) is 9.14. The molecule has 9 heteroatoms. The van der Waals surface area contributed by atoms with Crippen LogP contribution in [0.1, 0.15) is 27.1 Å². The van der Waals surface area contributed by atoms with E-state index in [0.717, 1.165) is 0 Å². The van der Waals surface area contributed by atoms with Crippen LogP contribution in [0.25, 0.3) is 0 Å². The smallest absolute Gasteiger partial charge is 0.340 e. The number of methoxy groups -OCH3 is 4. The van der Waals surface area contributed by atoms with E-state index in [1.165, 1.54) is 40.6 Å². The molecule has 2 rings (SSSR count). The Morgan fingerprint density at radius 3 is 2.13 bits per heavy atom. The third-order valence-corrected chi connectivity index (χ3v) is 4.26. The van der Waals surface area contributed by atoms with E-state index in [9.17, 15) is 9.59 Å². The molecule has 9 nitrogen and oxygen atoms in total. The number of rotatable bonds is 10. The number of anilines is 1. The lowest BCUT2D eigenvalue weighted by Crippen LogP contribution is -2.26. The molecule has 0 heterocycles. The lowest BCUT2D eigenvalue weighted by molar-refractivity contribution is 0.0601. The Hall–Kier alpha value is -3.62. The molecule has 0 aromatic heterocycles. The van der Waals surface area contributed by atoms with Crippen molar-refractivity contribution in [3.63, 3.8) is 0 Å². The van der Waals surface area contributed by atoms with Gasteiger partial charge in [-0.25, -0.2) is 4.79 Å². The van der Waals surface area contributed by atoms with Crippen molar-refractivity contribution in [2.24, 2.45) is 0 Å². The van der Waals surface area contributed by atoms with Crippen molar-refractivity contribution in [3.8, 4) is 23.0 Å². The van der Waals surface area contributed by atoms with Crippen LogP contribution in [0.4, 0.5) is 5.69 Å². The number of hydrogen-bond donors (Lipinski definition) is 2. The number of carbonyl (C=O) groups excluding carboxylic acids is 2. The number of nitrogens with two attached hydrogens (primary N) is 1. The fourth-order valence-corrected chi connectivity index (χ4v) is 2.75. The first-order valence-corrected chi connectivity index (χ1v) is 9.14. The number of esters is 1. The number of hydrogen-bond acceptors (Lipinski definition) is 8. The van der Waals surface area contributed by atoms with E-state index in [0.29, 0.717) is 41.5 Å². The van der Waals surface area contributed by atoms with Crippen LogP contribution in [0.3, 0.4) is 0 Å². The van der Waals surface area contributed by atoms with Gasteiger partial charge < -0.3 is 34.7 Å². The highest BCUT2D eigenvalue weighted by atomic mass is 16.5. The Bertz CT molecular complexity index is 877. The van der Waals surface area contributed by atoms with Gasteiger partial charge in [0.25, 0.3) is 5.91 Å². The van der Waals surface area contributed by atoms with Crippen LogP contribution >= 0.6 is 0 Å². The van der Waals surface area contributed by atoms with E-state index in [1.807, 2.05) is 0 Å². The van der Waals surface area contributed by atoms with Crippen molar-refractivity contribution in [1.82, 2.24) is 5.32 Å². The van der Waals surface area contributed by atoms with Crippen molar-refractivity contribution >= 4 is 17.6 Å². The Morgan fingerprint density at radius 2 is 1.57 bits per heavy atom. The minimum atomic E-state index is -0.571. The van der Waals surface area contributed by atoms with E-state index < -0.39 is 5.97 Å². The van der Waals surface area contributed by atoms with Crippen molar-refractivity contribution in [3.05, 3.63) is 41.5 Å². The molecule has 3 N–H and O–H groups in total. The summed E-state index contributed by atoms with van der Waals surface area (Å²) < 4.78 is 26.1. The molecule has 0 saturated carbocycles. The van der Waals surface area contributed by atoms with Gasteiger partial charge in [-0.1, -0.05) is 6.07 Å². The topological polar surface area (TPSA) is 118 Å². The van der Waals surface area contributed by atoms with Crippen molar-refractivity contribution in [2.75, 3.05) is 47.3 Å². The third-order valence-electron chi connectivity index (χ3n) is 4.26. The Morgan fingerprint density at radius 1 is 0.933 bits per heavy atom. The molecule has 0 aliphatic heterocycles. The number of carbonyl (C=O) groups is 2. The number of nitrogens with one attached hydrogen (secondary N) is 1. The Labute approximate surface area is 175 Å². The molecule has 0 aliphatic rings. The molecule has 0 aliphatic carbocycles. The van der Waals surface area contributed by atoms with Crippen LogP contribution in [0.5, 0.6) is 23.0 Å². The number of benzene rings is 2. The average molecular weight is 418 g/mol. The van der Waals surface area contributed by atoms with E-state index >= 15 is 0 Å². The maximum atomic E-state index is 12.5.